The molecule has 0 unspecified atom stereocenters. The number of ether oxygens (including phenoxy) is 1. The number of esters is 2. The molecule has 5 nitrogen and oxygen atoms in total. The largest absolute Gasteiger partial charge is 0.478 e. The number of fused-ring (bicyclic) bond motifs is 5. The third kappa shape index (κ3) is 1.85. The van der Waals surface area contributed by atoms with Crippen molar-refractivity contribution < 1.29 is 24.2 Å². The fourth-order valence-electron chi connectivity index (χ4n) is 2.10. The smallest absolute Gasteiger partial charge is 0.346 e. The second-order valence-electron chi connectivity index (χ2n) is 4.32. The van der Waals surface area contributed by atoms with Gasteiger partial charge in [0.05, 0.1) is 16.7 Å². The van der Waals surface area contributed by atoms with Gasteiger partial charge in [0.15, 0.2) is 0 Å². The molecule has 0 saturated carbocycles. The van der Waals surface area contributed by atoms with Gasteiger partial charge in [0.1, 0.15) is 0 Å². The molecule has 4 bridgehead atoms. The van der Waals surface area contributed by atoms with Crippen molar-refractivity contribution in [3.05, 3.63) is 59.2 Å². The molecule has 1 aliphatic rings. The van der Waals surface area contributed by atoms with Crippen molar-refractivity contribution in [1.82, 2.24) is 0 Å². The Morgan fingerprint density at radius 2 is 1.60 bits per heavy atom. The molecule has 1 heterocycles. The van der Waals surface area contributed by atoms with Crippen molar-refractivity contribution in [3.63, 3.8) is 0 Å². The molecule has 2 aromatic rings. The highest BCUT2D eigenvalue weighted by Crippen LogP contribution is 2.26. The van der Waals surface area contributed by atoms with Gasteiger partial charge in [-0.25, -0.2) is 14.4 Å². The Labute approximate surface area is 113 Å². The molecule has 2 aromatic carbocycles. The third-order valence-electron chi connectivity index (χ3n) is 3.09. The van der Waals surface area contributed by atoms with Gasteiger partial charge >= 0.3 is 17.9 Å². The Hall–Kier alpha value is -2.95. The number of cyclic esters (lactones) is 2. The summed E-state index contributed by atoms with van der Waals surface area (Å²) in [5.74, 6) is -3.01. The summed E-state index contributed by atoms with van der Waals surface area (Å²) >= 11 is 0. The number of aromatic carboxylic acids is 1. The lowest BCUT2D eigenvalue weighted by molar-refractivity contribution is 0.0392. The van der Waals surface area contributed by atoms with Crippen LogP contribution in [-0.4, -0.2) is 23.0 Å². The monoisotopic (exact) mass is 268 g/mol. The Balaban J connectivity index is 2.30. The first-order valence-corrected chi connectivity index (χ1v) is 5.80. The van der Waals surface area contributed by atoms with E-state index in [0.717, 1.165) is 0 Å². The topological polar surface area (TPSA) is 80.7 Å². The summed E-state index contributed by atoms with van der Waals surface area (Å²) in [6.07, 6.45) is 0. The van der Waals surface area contributed by atoms with Crippen LogP contribution in [0.1, 0.15) is 31.1 Å². The standard InChI is InChI=1S/C15H8O5/c16-13(17)11-5-4-9-7-12(11)15(19)20-14(18)10-3-1-2-8(9)6-10/h1-7H,(H,16,17). The van der Waals surface area contributed by atoms with Crippen molar-refractivity contribution in [2.75, 3.05) is 0 Å². The van der Waals surface area contributed by atoms with E-state index in [0.29, 0.717) is 11.1 Å². The first kappa shape index (κ1) is 12.1. The fraction of sp³-hybridized carbons (Fsp3) is 0. The van der Waals surface area contributed by atoms with Gasteiger partial charge in [-0.1, -0.05) is 18.2 Å². The zero-order valence-corrected chi connectivity index (χ0v) is 10.1. The maximum atomic E-state index is 11.9. The maximum absolute atomic E-state index is 11.9. The van der Waals surface area contributed by atoms with Gasteiger partial charge in [-0.2, -0.15) is 0 Å². The molecule has 0 amide bonds. The lowest BCUT2D eigenvalue weighted by Gasteiger charge is -2.06. The SMILES string of the molecule is O=C1OC(=O)c2cc(ccc2C(=O)O)-c2cccc1c2. The molecule has 1 N–H and O–H groups in total. The van der Waals surface area contributed by atoms with Crippen molar-refractivity contribution in [3.8, 4) is 11.1 Å². The minimum absolute atomic E-state index is 0.134. The first-order valence-electron chi connectivity index (χ1n) is 5.80. The average molecular weight is 268 g/mol. The zero-order chi connectivity index (χ0) is 14.3. The fourth-order valence-corrected chi connectivity index (χ4v) is 2.10. The Bertz CT molecular complexity index is 761. The van der Waals surface area contributed by atoms with Gasteiger partial charge < -0.3 is 9.84 Å². The van der Waals surface area contributed by atoms with E-state index in [2.05, 4.69) is 0 Å². The summed E-state index contributed by atoms with van der Waals surface area (Å²) in [6, 6.07) is 10.9. The Morgan fingerprint density at radius 3 is 2.35 bits per heavy atom. The highest BCUT2D eigenvalue weighted by Gasteiger charge is 2.23. The van der Waals surface area contributed by atoms with Crippen LogP contribution in [0, 0.1) is 0 Å². The molecule has 98 valence electrons. The Morgan fingerprint density at radius 1 is 0.900 bits per heavy atom. The molecule has 0 radical (unpaired) electrons. The number of carbonyl (C=O) groups is 3. The number of carboxylic acids is 1. The summed E-state index contributed by atoms with van der Waals surface area (Å²) in [4.78, 5) is 34.9. The van der Waals surface area contributed by atoms with Crippen LogP contribution in [0.3, 0.4) is 0 Å². The molecule has 0 aromatic heterocycles. The molecule has 0 aliphatic carbocycles. The lowest BCUT2D eigenvalue weighted by Crippen LogP contribution is -2.15. The molecular formula is C15H8O5. The van der Waals surface area contributed by atoms with Crippen LogP contribution in [-0.2, 0) is 4.74 Å². The van der Waals surface area contributed by atoms with Gasteiger partial charge in [-0.15, -0.1) is 0 Å². The lowest BCUT2D eigenvalue weighted by atomic mass is 9.98. The Kier molecular flexibility index (Phi) is 2.61. The molecule has 0 saturated heterocycles. The maximum Gasteiger partial charge on any atom is 0.346 e. The number of carbonyl (C=O) groups excluding carboxylic acids is 2. The predicted octanol–water partition coefficient (Wildman–Crippen LogP) is 2.36. The zero-order valence-electron chi connectivity index (χ0n) is 10.1. The van der Waals surface area contributed by atoms with Crippen LogP contribution in [0.5, 0.6) is 0 Å². The molecule has 1 aliphatic heterocycles. The normalized spacial score (nSPS) is 13.0. The van der Waals surface area contributed by atoms with Crippen molar-refractivity contribution in [1.29, 1.82) is 0 Å². The molecule has 0 spiro atoms. The van der Waals surface area contributed by atoms with Gasteiger partial charge in [0, 0.05) is 0 Å². The van der Waals surface area contributed by atoms with Crippen molar-refractivity contribution in [2.24, 2.45) is 0 Å². The minimum Gasteiger partial charge on any atom is -0.478 e. The van der Waals surface area contributed by atoms with Crippen LogP contribution in [0.25, 0.3) is 11.1 Å². The first-order chi connectivity index (χ1) is 9.56. The van der Waals surface area contributed by atoms with Gasteiger partial charge in [-0.05, 0) is 35.4 Å². The van der Waals surface area contributed by atoms with Gasteiger partial charge in [0.2, 0.25) is 0 Å². The van der Waals surface area contributed by atoms with E-state index in [1.54, 1.807) is 24.3 Å². The van der Waals surface area contributed by atoms with Crippen molar-refractivity contribution in [2.45, 2.75) is 0 Å². The van der Waals surface area contributed by atoms with Crippen LogP contribution >= 0.6 is 0 Å². The molecule has 3 rings (SSSR count). The molecule has 5 heteroatoms. The number of benzene rings is 2. The van der Waals surface area contributed by atoms with E-state index in [9.17, 15) is 14.4 Å². The molecule has 0 atom stereocenters. The van der Waals surface area contributed by atoms with Crippen LogP contribution in [0.15, 0.2) is 42.5 Å². The summed E-state index contributed by atoms with van der Waals surface area (Å²) in [6.45, 7) is 0. The summed E-state index contributed by atoms with van der Waals surface area (Å²) in [5, 5.41) is 9.08. The van der Waals surface area contributed by atoms with E-state index in [-0.39, 0.29) is 16.7 Å². The highest BCUT2D eigenvalue weighted by atomic mass is 16.6. The van der Waals surface area contributed by atoms with Gasteiger partial charge in [0.25, 0.3) is 0 Å². The number of hydrogen-bond acceptors (Lipinski definition) is 4. The highest BCUT2D eigenvalue weighted by molar-refractivity contribution is 6.09. The summed E-state index contributed by atoms with van der Waals surface area (Å²) in [7, 11) is 0. The predicted molar refractivity (Wildman–Crippen MR) is 68.6 cm³/mol. The second kappa shape index (κ2) is 4.31. The third-order valence-corrected chi connectivity index (χ3v) is 3.09. The summed E-state index contributed by atoms with van der Waals surface area (Å²) in [5.41, 5.74) is 1.29. The average Bonchev–Trinajstić information content (AvgIpc) is 2.47. The van der Waals surface area contributed by atoms with E-state index in [4.69, 9.17) is 9.84 Å². The molecule has 20 heavy (non-hydrogen) atoms. The van der Waals surface area contributed by atoms with Crippen LogP contribution < -0.4 is 0 Å². The van der Waals surface area contributed by atoms with E-state index in [1.807, 2.05) is 0 Å². The number of hydrogen-bond donors (Lipinski definition) is 1. The quantitative estimate of drug-likeness (QED) is 0.634. The van der Waals surface area contributed by atoms with Crippen molar-refractivity contribution >= 4 is 17.9 Å². The van der Waals surface area contributed by atoms with E-state index >= 15 is 0 Å². The van der Waals surface area contributed by atoms with E-state index in [1.165, 1.54) is 18.2 Å². The van der Waals surface area contributed by atoms with Crippen LogP contribution in [0.4, 0.5) is 0 Å². The van der Waals surface area contributed by atoms with E-state index < -0.39 is 17.9 Å². The summed E-state index contributed by atoms with van der Waals surface area (Å²) < 4.78 is 4.70. The van der Waals surface area contributed by atoms with Crippen LogP contribution in [0.2, 0.25) is 0 Å². The number of carboxylic acid groups (broad SMARTS) is 1. The molecule has 0 fully saturated rings. The second-order valence-corrected chi connectivity index (χ2v) is 4.32. The van der Waals surface area contributed by atoms with Gasteiger partial charge in [-0.3, -0.25) is 0 Å². The minimum atomic E-state index is -1.25. The molecular weight excluding hydrogens is 260 g/mol. The number of rotatable bonds is 1.